The van der Waals surface area contributed by atoms with E-state index in [1.165, 1.54) is 18.0 Å². The monoisotopic (exact) mass is 485 g/mol. The number of carbonyl (C=O) groups is 1. The predicted molar refractivity (Wildman–Crippen MR) is 123 cm³/mol. The quantitative estimate of drug-likeness (QED) is 0.218. The number of para-hydroxylation sites is 1. The first-order chi connectivity index (χ1) is 14.5. The Labute approximate surface area is 187 Å². The topological polar surface area (TPSA) is 92.4 Å². The average Bonchev–Trinajstić information content (AvgIpc) is 3.10. The Bertz CT molecular complexity index is 1100. The lowest BCUT2D eigenvalue weighted by Gasteiger charge is -2.05. The Morgan fingerprint density at radius 1 is 1.33 bits per heavy atom. The summed E-state index contributed by atoms with van der Waals surface area (Å²) in [6.45, 7) is 3.67. The van der Waals surface area contributed by atoms with E-state index in [0.29, 0.717) is 23.0 Å². The number of aromatic nitrogens is 3. The van der Waals surface area contributed by atoms with Crippen LogP contribution in [0.2, 0.25) is 0 Å². The van der Waals surface area contributed by atoms with Crippen molar-refractivity contribution in [3.8, 4) is 17.1 Å². The van der Waals surface area contributed by atoms with Crippen LogP contribution >= 0.6 is 27.7 Å². The van der Waals surface area contributed by atoms with Crippen LogP contribution in [0.15, 0.2) is 69.9 Å². The molecule has 0 aliphatic heterocycles. The van der Waals surface area contributed by atoms with Crippen LogP contribution in [0, 0.1) is 0 Å². The number of phenolic OH excluding ortho intramolecular Hbond substituents is 1. The fourth-order valence-corrected chi connectivity index (χ4v) is 3.79. The molecule has 30 heavy (non-hydrogen) atoms. The van der Waals surface area contributed by atoms with Crippen molar-refractivity contribution in [1.29, 1.82) is 0 Å². The lowest BCUT2D eigenvalue weighted by atomic mass is 10.1. The second kappa shape index (κ2) is 10.2. The zero-order valence-electron chi connectivity index (χ0n) is 16.2. The molecule has 0 aliphatic carbocycles. The van der Waals surface area contributed by atoms with Crippen molar-refractivity contribution in [2.75, 3.05) is 5.75 Å². The molecule has 1 heterocycles. The van der Waals surface area contributed by atoms with Gasteiger partial charge in [0, 0.05) is 22.6 Å². The van der Waals surface area contributed by atoms with Gasteiger partial charge in [0.15, 0.2) is 11.0 Å². The fourth-order valence-electron chi connectivity index (χ4n) is 2.69. The van der Waals surface area contributed by atoms with Gasteiger partial charge in [-0.15, -0.1) is 16.8 Å². The largest absolute Gasteiger partial charge is 0.507 e. The molecule has 1 amide bonds. The van der Waals surface area contributed by atoms with Crippen molar-refractivity contribution in [2.45, 2.75) is 11.6 Å². The maximum absolute atomic E-state index is 12.1. The number of carbonyl (C=O) groups excluding carboxylic acids is 1. The van der Waals surface area contributed by atoms with Crippen molar-refractivity contribution in [2.24, 2.45) is 12.1 Å². The number of phenols is 1. The number of hydrogen-bond donors (Lipinski definition) is 2. The minimum absolute atomic E-state index is 0.129. The van der Waals surface area contributed by atoms with Gasteiger partial charge in [0.05, 0.1) is 12.0 Å². The first-order valence-corrected chi connectivity index (χ1v) is 10.8. The molecule has 3 rings (SSSR count). The number of aromatic hydroxyl groups is 1. The Hall–Kier alpha value is -2.91. The summed E-state index contributed by atoms with van der Waals surface area (Å²) in [4.78, 5) is 12.1. The Kier molecular flexibility index (Phi) is 7.42. The van der Waals surface area contributed by atoms with Gasteiger partial charge in [0.1, 0.15) is 5.75 Å². The SMILES string of the molecule is C=CCc1cccc(C=NNC(=O)CSc2nnc(-c3cccc(Br)c3)n2C)c1O. The Morgan fingerprint density at radius 3 is 2.90 bits per heavy atom. The maximum Gasteiger partial charge on any atom is 0.250 e. The molecule has 1 aromatic heterocycles. The van der Waals surface area contributed by atoms with Crippen LogP contribution in [0.5, 0.6) is 5.75 Å². The zero-order valence-corrected chi connectivity index (χ0v) is 18.7. The molecule has 0 unspecified atom stereocenters. The van der Waals surface area contributed by atoms with Crippen LogP contribution in [-0.4, -0.2) is 37.7 Å². The van der Waals surface area contributed by atoms with Crippen molar-refractivity contribution in [1.82, 2.24) is 20.2 Å². The average molecular weight is 486 g/mol. The number of halogens is 1. The summed E-state index contributed by atoms with van der Waals surface area (Å²) in [5, 5.41) is 23.1. The molecular formula is C21H20BrN5O2S. The molecule has 3 aromatic rings. The number of allylic oxidation sites excluding steroid dienone is 1. The van der Waals surface area contributed by atoms with Crippen LogP contribution in [0.4, 0.5) is 0 Å². The van der Waals surface area contributed by atoms with Crippen LogP contribution < -0.4 is 5.43 Å². The molecule has 0 bridgehead atoms. The highest BCUT2D eigenvalue weighted by molar-refractivity contribution is 9.10. The van der Waals surface area contributed by atoms with Gasteiger partial charge in [-0.2, -0.15) is 5.10 Å². The maximum atomic E-state index is 12.1. The second-order valence-electron chi connectivity index (χ2n) is 6.31. The molecule has 0 atom stereocenters. The number of rotatable bonds is 8. The minimum Gasteiger partial charge on any atom is -0.507 e. The van der Waals surface area contributed by atoms with Crippen LogP contribution in [0.1, 0.15) is 11.1 Å². The second-order valence-corrected chi connectivity index (χ2v) is 8.16. The van der Waals surface area contributed by atoms with Crippen LogP contribution in [0.25, 0.3) is 11.4 Å². The number of hydrazone groups is 1. The predicted octanol–water partition coefficient (Wildman–Crippen LogP) is 3.92. The van der Waals surface area contributed by atoms with E-state index in [4.69, 9.17) is 0 Å². The molecule has 9 heteroatoms. The van der Waals surface area contributed by atoms with Gasteiger partial charge in [-0.25, -0.2) is 5.43 Å². The van der Waals surface area contributed by atoms with E-state index < -0.39 is 0 Å². The van der Waals surface area contributed by atoms with E-state index in [1.807, 2.05) is 48.0 Å². The van der Waals surface area contributed by atoms with Gasteiger partial charge in [-0.1, -0.05) is 58.0 Å². The molecule has 0 spiro atoms. The van der Waals surface area contributed by atoms with Crippen molar-refractivity contribution < 1.29 is 9.90 Å². The fraction of sp³-hybridized carbons (Fsp3) is 0.143. The highest BCUT2D eigenvalue weighted by Gasteiger charge is 2.13. The third-order valence-corrected chi connectivity index (χ3v) is 5.67. The number of nitrogens with one attached hydrogen (secondary N) is 1. The molecule has 154 valence electrons. The van der Waals surface area contributed by atoms with Gasteiger partial charge in [-0.3, -0.25) is 4.79 Å². The van der Waals surface area contributed by atoms with E-state index in [0.717, 1.165) is 15.6 Å². The summed E-state index contributed by atoms with van der Waals surface area (Å²) >= 11 is 4.71. The number of thioether (sulfide) groups is 1. The van der Waals surface area contributed by atoms with Gasteiger partial charge in [0.2, 0.25) is 0 Å². The normalized spacial score (nSPS) is 11.0. The van der Waals surface area contributed by atoms with E-state index in [9.17, 15) is 9.90 Å². The third-order valence-electron chi connectivity index (χ3n) is 4.16. The number of nitrogens with zero attached hydrogens (tertiary/aromatic N) is 4. The summed E-state index contributed by atoms with van der Waals surface area (Å²) in [5.74, 6) is 0.686. The van der Waals surface area contributed by atoms with Gasteiger partial charge in [0.25, 0.3) is 5.91 Å². The molecule has 0 radical (unpaired) electrons. The summed E-state index contributed by atoms with van der Waals surface area (Å²) in [6.07, 6.45) is 3.68. The lowest BCUT2D eigenvalue weighted by molar-refractivity contribution is -0.118. The summed E-state index contributed by atoms with van der Waals surface area (Å²) < 4.78 is 2.79. The minimum atomic E-state index is -0.287. The van der Waals surface area contributed by atoms with Crippen LogP contribution in [-0.2, 0) is 18.3 Å². The van der Waals surface area contributed by atoms with E-state index >= 15 is 0 Å². The Morgan fingerprint density at radius 2 is 2.13 bits per heavy atom. The van der Waals surface area contributed by atoms with Crippen molar-refractivity contribution in [3.63, 3.8) is 0 Å². The Balaban J connectivity index is 1.57. The molecule has 2 N–H and O–H groups in total. The first-order valence-electron chi connectivity index (χ1n) is 9.01. The van der Waals surface area contributed by atoms with Crippen LogP contribution in [0.3, 0.4) is 0 Å². The molecule has 2 aromatic carbocycles. The summed E-state index contributed by atoms with van der Waals surface area (Å²) in [7, 11) is 1.85. The lowest BCUT2D eigenvalue weighted by Crippen LogP contribution is -2.20. The standard InChI is InChI=1S/C21H20BrN5O2S/c1-3-6-14-7-4-9-16(19(14)29)12-23-24-18(28)13-30-21-26-25-20(27(21)2)15-8-5-10-17(22)11-15/h3-5,7-12,29H,1,6,13H2,2H3,(H,24,28). The van der Waals surface area contributed by atoms with E-state index in [2.05, 4.69) is 43.2 Å². The molecule has 0 saturated heterocycles. The van der Waals surface area contributed by atoms with E-state index in [1.54, 1.807) is 12.1 Å². The van der Waals surface area contributed by atoms with Crippen molar-refractivity contribution >= 4 is 39.8 Å². The van der Waals surface area contributed by atoms with Gasteiger partial charge in [-0.05, 0) is 30.2 Å². The first kappa shape index (κ1) is 21.8. The highest BCUT2D eigenvalue weighted by Crippen LogP contribution is 2.25. The molecular weight excluding hydrogens is 466 g/mol. The summed E-state index contributed by atoms with van der Waals surface area (Å²) in [6, 6.07) is 13.1. The molecule has 0 fully saturated rings. The summed E-state index contributed by atoms with van der Waals surface area (Å²) in [5.41, 5.74) is 4.66. The van der Waals surface area contributed by atoms with Crippen molar-refractivity contribution in [3.05, 3.63) is 70.7 Å². The number of hydrogen-bond acceptors (Lipinski definition) is 6. The number of amides is 1. The zero-order chi connectivity index (χ0) is 21.5. The highest BCUT2D eigenvalue weighted by atomic mass is 79.9. The molecule has 7 nitrogen and oxygen atoms in total. The van der Waals surface area contributed by atoms with Gasteiger partial charge < -0.3 is 9.67 Å². The smallest absolute Gasteiger partial charge is 0.250 e. The third kappa shape index (κ3) is 5.37. The van der Waals surface area contributed by atoms with E-state index in [-0.39, 0.29) is 17.4 Å². The number of benzene rings is 2. The molecule has 0 saturated carbocycles. The molecule has 0 aliphatic rings. The van der Waals surface area contributed by atoms with Gasteiger partial charge >= 0.3 is 0 Å².